The summed E-state index contributed by atoms with van der Waals surface area (Å²) < 4.78 is 0.862. The number of rotatable bonds is 6. The second-order valence-electron chi connectivity index (χ2n) is 6.40. The lowest BCUT2D eigenvalue weighted by atomic mass is 10.1. The van der Waals surface area contributed by atoms with E-state index in [1.165, 1.54) is 16.9 Å². The highest BCUT2D eigenvalue weighted by Gasteiger charge is 2.15. The quantitative estimate of drug-likeness (QED) is 0.525. The van der Waals surface area contributed by atoms with Crippen molar-refractivity contribution < 1.29 is 0 Å². The highest BCUT2D eigenvalue weighted by molar-refractivity contribution is 7.18. The minimum atomic E-state index is -0.0628. The van der Waals surface area contributed by atoms with Gasteiger partial charge in [-0.1, -0.05) is 30.3 Å². The van der Waals surface area contributed by atoms with Crippen LogP contribution in [0.25, 0.3) is 21.6 Å². The van der Waals surface area contributed by atoms with Gasteiger partial charge in [-0.2, -0.15) is 5.26 Å². The molecule has 4 aromatic rings. The number of pyridine rings is 1. The summed E-state index contributed by atoms with van der Waals surface area (Å²) in [6.07, 6.45) is 4.17. The van der Waals surface area contributed by atoms with E-state index in [0.29, 0.717) is 29.3 Å². The standard InChI is InChI=1S/C21H18N6S/c22-11-16-13-28-19-18(16)26-20(15-6-8-24-9-7-15)27-21(19)25-12-17(23)10-14-4-2-1-3-5-14/h1-9,13,17H,10,12,23H2,(H,25,26,27). The predicted molar refractivity (Wildman–Crippen MR) is 112 cm³/mol. The van der Waals surface area contributed by atoms with E-state index < -0.39 is 0 Å². The van der Waals surface area contributed by atoms with Gasteiger partial charge in [0.15, 0.2) is 5.82 Å². The van der Waals surface area contributed by atoms with Crippen LogP contribution in [0.3, 0.4) is 0 Å². The van der Waals surface area contributed by atoms with Crippen LogP contribution in [0.1, 0.15) is 11.1 Å². The normalized spacial score (nSPS) is 11.9. The predicted octanol–water partition coefficient (Wildman–Crippen LogP) is 3.61. The largest absolute Gasteiger partial charge is 0.367 e. The molecule has 0 bridgehead atoms. The van der Waals surface area contributed by atoms with E-state index >= 15 is 0 Å². The van der Waals surface area contributed by atoms with Gasteiger partial charge >= 0.3 is 0 Å². The lowest BCUT2D eigenvalue weighted by Crippen LogP contribution is -2.31. The summed E-state index contributed by atoms with van der Waals surface area (Å²) in [4.78, 5) is 13.3. The summed E-state index contributed by atoms with van der Waals surface area (Å²) in [5.74, 6) is 1.26. The van der Waals surface area contributed by atoms with Crippen molar-refractivity contribution in [3.8, 4) is 17.5 Å². The van der Waals surface area contributed by atoms with Crippen molar-refractivity contribution in [2.75, 3.05) is 11.9 Å². The van der Waals surface area contributed by atoms with E-state index in [9.17, 15) is 5.26 Å². The van der Waals surface area contributed by atoms with Crippen LogP contribution < -0.4 is 11.1 Å². The van der Waals surface area contributed by atoms with Crippen molar-refractivity contribution in [3.05, 3.63) is 71.4 Å². The second-order valence-corrected chi connectivity index (χ2v) is 7.28. The summed E-state index contributed by atoms with van der Waals surface area (Å²) in [5, 5.41) is 14.6. The molecule has 1 aromatic carbocycles. The first-order valence-electron chi connectivity index (χ1n) is 8.87. The maximum atomic E-state index is 9.40. The number of nitrogens with two attached hydrogens (primary N) is 1. The number of hydrogen-bond donors (Lipinski definition) is 2. The first kappa shape index (κ1) is 18.0. The first-order chi connectivity index (χ1) is 13.7. The monoisotopic (exact) mass is 386 g/mol. The number of thiophene rings is 1. The van der Waals surface area contributed by atoms with E-state index in [-0.39, 0.29) is 6.04 Å². The van der Waals surface area contributed by atoms with E-state index in [2.05, 4.69) is 33.5 Å². The van der Waals surface area contributed by atoms with Gasteiger partial charge < -0.3 is 11.1 Å². The van der Waals surface area contributed by atoms with E-state index in [1.807, 2.05) is 35.7 Å². The maximum Gasteiger partial charge on any atom is 0.162 e. The number of aromatic nitrogens is 3. The molecule has 0 aliphatic carbocycles. The van der Waals surface area contributed by atoms with E-state index in [0.717, 1.165) is 16.7 Å². The zero-order valence-corrected chi connectivity index (χ0v) is 15.9. The summed E-state index contributed by atoms with van der Waals surface area (Å²) in [7, 11) is 0. The van der Waals surface area contributed by atoms with Gasteiger partial charge in [-0.05, 0) is 24.1 Å². The topological polar surface area (TPSA) is 101 Å². The Morgan fingerprint density at radius 3 is 2.64 bits per heavy atom. The molecular formula is C21H18N6S. The number of nitriles is 1. The molecule has 7 heteroatoms. The first-order valence-corrected chi connectivity index (χ1v) is 9.75. The minimum Gasteiger partial charge on any atom is -0.367 e. The smallest absolute Gasteiger partial charge is 0.162 e. The van der Waals surface area contributed by atoms with Crippen LogP contribution in [0.15, 0.2) is 60.2 Å². The van der Waals surface area contributed by atoms with Gasteiger partial charge in [0.05, 0.1) is 10.3 Å². The fourth-order valence-corrected chi connectivity index (χ4v) is 3.86. The molecular weight excluding hydrogens is 368 g/mol. The molecule has 0 saturated carbocycles. The molecule has 0 spiro atoms. The SMILES string of the molecule is N#Cc1csc2c(NCC(N)Cc3ccccc3)nc(-c3ccncc3)nc12. The molecule has 3 aromatic heterocycles. The van der Waals surface area contributed by atoms with Crippen LogP contribution >= 0.6 is 11.3 Å². The highest BCUT2D eigenvalue weighted by atomic mass is 32.1. The third-order valence-corrected chi connectivity index (χ3v) is 5.32. The van der Waals surface area contributed by atoms with Crippen molar-refractivity contribution in [1.29, 1.82) is 5.26 Å². The molecule has 28 heavy (non-hydrogen) atoms. The van der Waals surface area contributed by atoms with Crippen molar-refractivity contribution in [1.82, 2.24) is 15.0 Å². The summed E-state index contributed by atoms with van der Waals surface area (Å²) >= 11 is 1.46. The fraction of sp³-hybridized carbons (Fsp3) is 0.143. The summed E-state index contributed by atoms with van der Waals surface area (Å²) in [5.41, 5.74) is 9.58. The Bertz CT molecular complexity index is 1120. The van der Waals surface area contributed by atoms with E-state index in [1.54, 1.807) is 12.4 Å². The van der Waals surface area contributed by atoms with Crippen LogP contribution in [0.4, 0.5) is 5.82 Å². The average Bonchev–Trinajstić information content (AvgIpc) is 3.16. The highest BCUT2D eigenvalue weighted by Crippen LogP contribution is 2.31. The summed E-state index contributed by atoms with van der Waals surface area (Å²) in [6, 6.07) is 16.0. The molecule has 3 heterocycles. The maximum absolute atomic E-state index is 9.40. The van der Waals surface area contributed by atoms with Crippen molar-refractivity contribution in [3.63, 3.8) is 0 Å². The Morgan fingerprint density at radius 1 is 1.11 bits per heavy atom. The Balaban J connectivity index is 1.62. The van der Waals surface area contributed by atoms with Crippen LogP contribution in [-0.2, 0) is 6.42 Å². The average molecular weight is 386 g/mol. The lowest BCUT2D eigenvalue weighted by molar-refractivity contribution is 0.698. The van der Waals surface area contributed by atoms with Gasteiger partial charge in [0, 0.05) is 35.9 Å². The van der Waals surface area contributed by atoms with Crippen molar-refractivity contribution >= 4 is 27.4 Å². The number of fused-ring (bicyclic) bond motifs is 1. The molecule has 4 rings (SSSR count). The third kappa shape index (κ3) is 3.83. The zero-order valence-electron chi connectivity index (χ0n) is 15.0. The Kier molecular flexibility index (Phi) is 5.24. The Morgan fingerprint density at radius 2 is 1.89 bits per heavy atom. The number of benzene rings is 1. The molecule has 0 saturated heterocycles. The van der Waals surface area contributed by atoms with Crippen LogP contribution in [0, 0.1) is 11.3 Å². The van der Waals surface area contributed by atoms with Crippen molar-refractivity contribution in [2.24, 2.45) is 5.73 Å². The zero-order chi connectivity index (χ0) is 19.3. The second kappa shape index (κ2) is 8.13. The number of nitrogens with zero attached hydrogens (tertiary/aromatic N) is 4. The molecule has 1 unspecified atom stereocenters. The van der Waals surface area contributed by atoms with Crippen LogP contribution in [0.5, 0.6) is 0 Å². The lowest BCUT2D eigenvalue weighted by Gasteiger charge is -2.14. The molecule has 1 atom stereocenters. The van der Waals surface area contributed by atoms with E-state index in [4.69, 9.17) is 10.7 Å². The summed E-state index contributed by atoms with van der Waals surface area (Å²) in [6.45, 7) is 0.566. The minimum absolute atomic E-state index is 0.0628. The van der Waals surface area contributed by atoms with Gasteiger partial charge in [0.25, 0.3) is 0 Å². The number of nitrogens with one attached hydrogen (secondary N) is 1. The van der Waals surface area contributed by atoms with Gasteiger partial charge in [0.2, 0.25) is 0 Å². The van der Waals surface area contributed by atoms with Gasteiger partial charge in [0.1, 0.15) is 17.4 Å². The Labute approximate surface area is 166 Å². The molecule has 3 N–H and O–H groups in total. The fourth-order valence-electron chi connectivity index (χ4n) is 2.96. The molecule has 0 radical (unpaired) electrons. The van der Waals surface area contributed by atoms with Gasteiger partial charge in [-0.15, -0.1) is 11.3 Å². The molecule has 0 amide bonds. The molecule has 0 aliphatic heterocycles. The Hall–Kier alpha value is -3.34. The molecule has 0 aliphatic rings. The van der Waals surface area contributed by atoms with Gasteiger partial charge in [-0.3, -0.25) is 4.98 Å². The number of anilines is 1. The van der Waals surface area contributed by atoms with Crippen molar-refractivity contribution in [2.45, 2.75) is 12.5 Å². The third-order valence-electron chi connectivity index (χ3n) is 4.35. The molecule has 138 valence electrons. The molecule has 6 nitrogen and oxygen atoms in total. The van der Waals surface area contributed by atoms with Gasteiger partial charge in [-0.25, -0.2) is 9.97 Å². The number of hydrogen-bond acceptors (Lipinski definition) is 7. The van der Waals surface area contributed by atoms with Crippen LogP contribution in [-0.4, -0.2) is 27.5 Å². The molecule has 0 fully saturated rings. The van der Waals surface area contributed by atoms with Crippen LogP contribution in [0.2, 0.25) is 0 Å².